The summed E-state index contributed by atoms with van der Waals surface area (Å²) in [5.41, 5.74) is 5.66. The Hall–Kier alpha value is -0.610. The number of carbonyl (C=O) groups excluding carboxylic acids is 1. The van der Waals surface area contributed by atoms with Gasteiger partial charge < -0.3 is 11.1 Å². The van der Waals surface area contributed by atoms with Crippen LogP contribution in [0.25, 0.3) is 0 Å². The normalized spacial score (nSPS) is 13.3. The summed E-state index contributed by atoms with van der Waals surface area (Å²) >= 11 is 0. The Bertz CT molecular complexity index is 179. The van der Waals surface area contributed by atoms with Gasteiger partial charge in [0.15, 0.2) is 0 Å². The van der Waals surface area contributed by atoms with E-state index in [1.807, 2.05) is 13.8 Å². The molecule has 0 aliphatic heterocycles. The van der Waals surface area contributed by atoms with Crippen molar-refractivity contribution in [3.63, 3.8) is 0 Å². The molecule has 0 saturated heterocycles. The van der Waals surface area contributed by atoms with Crippen LogP contribution < -0.4 is 11.1 Å². The van der Waals surface area contributed by atoms with Crippen molar-refractivity contribution in [2.24, 2.45) is 5.73 Å². The molecule has 0 rings (SSSR count). The van der Waals surface area contributed by atoms with Gasteiger partial charge >= 0.3 is 0 Å². The highest BCUT2D eigenvalue weighted by molar-refractivity contribution is 5.78. The molecule has 0 radical (unpaired) electrons. The van der Waals surface area contributed by atoms with Gasteiger partial charge in [-0.1, -0.05) is 13.8 Å². The standard InChI is InChI=1S/C11H25N3O/c1-5-10(7-12)14(6-2)8-11(15)13-9(3)4/h9-10H,5-8,12H2,1-4H3,(H,13,15). The van der Waals surface area contributed by atoms with Crippen LogP contribution in [0.3, 0.4) is 0 Å². The molecular formula is C11H25N3O. The Morgan fingerprint density at radius 2 is 2.00 bits per heavy atom. The Morgan fingerprint density at radius 1 is 1.40 bits per heavy atom. The maximum atomic E-state index is 11.6. The second-order valence-corrected chi connectivity index (χ2v) is 4.08. The van der Waals surface area contributed by atoms with Crippen molar-refractivity contribution in [1.29, 1.82) is 0 Å². The molecule has 0 saturated carbocycles. The third kappa shape index (κ3) is 5.74. The zero-order chi connectivity index (χ0) is 11.8. The molecule has 4 heteroatoms. The smallest absolute Gasteiger partial charge is 0.234 e. The predicted molar refractivity (Wildman–Crippen MR) is 63.7 cm³/mol. The van der Waals surface area contributed by atoms with Crippen LogP contribution >= 0.6 is 0 Å². The second kappa shape index (κ2) is 7.65. The number of nitrogens with two attached hydrogens (primary N) is 1. The Balaban J connectivity index is 4.13. The molecule has 0 aromatic rings. The molecule has 1 amide bonds. The Morgan fingerprint density at radius 3 is 2.33 bits per heavy atom. The highest BCUT2D eigenvalue weighted by Crippen LogP contribution is 2.01. The molecule has 3 N–H and O–H groups in total. The SMILES string of the molecule is CCC(CN)N(CC)CC(=O)NC(C)C. The number of hydrogen-bond donors (Lipinski definition) is 2. The lowest BCUT2D eigenvalue weighted by molar-refractivity contribution is -0.123. The maximum absolute atomic E-state index is 11.6. The number of likely N-dealkylation sites (N-methyl/N-ethyl adjacent to an activating group) is 1. The van der Waals surface area contributed by atoms with Gasteiger partial charge in [-0.3, -0.25) is 9.69 Å². The monoisotopic (exact) mass is 215 g/mol. The number of nitrogens with one attached hydrogen (secondary N) is 1. The van der Waals surface area contributed by atoms with Crippen LogP contribution in [-0.2, 0) is 4.79 Å². The van der Waals surface area contributed by atoms with E-state index >= 15 is 0 Å². The van der Waals surface area contributed by atoms with Gasteiger partial charge in [-0.25, -0.2) is 0 Å². The first kappa shape index (κ1) is 14.4. The third-order valence-corrected chi connectivity index (χ3v) is 2.46. The fraction of sp³-hybridized carbons (Fsp3) is 0.909. The molecule has 4 nitrogen and oxygen atoms in total. The average Bonchev–Trinajstić information content (AvgIpc) is 2.16. The van der Waals surface area contributed by atoms with Gasteiger partial charge in [-0.05, 0) is 26.8 Å². The van der Waals surface area contributed by atoms with Crippen molar-refractivity contribution in [3.05, 3.63) is 0 Å². The summed E-state index contributed by atoms with van der Waals surface area (Å²) in [5, 5.41) is 2.89. The van der Waals surface area contributed by atoms with Gasteiger partial charge in [0, 0.05) is 18.6 Å². The molecule has 0 heterocycles. The van der Waals surface area contributed by atoms with E-state index in [-0.39, 0.29) is 11.9 Å². The highest BCUT2D eigenvalue weighted by atomic mass is 16.2. The largest absolute Gasteiger partial charge is 0.353 e. The van der Waals surface area contributed by atoms with Crippen molar-refractivity contribution in [1.82, 2.24) is 10.2 Å². The lowest BCUT2D eigenvalue weighted by Gasteiger charge is -2.28. The van der Waals surface area contributed by atoms with E-state index < -0.39 is 0 Å². The minimum atomic E-state index is 0.0822. The molecule has 0 aliphatic rings. The van der Waals surface area contributed by atoms with Crippen molar-refractivity contribution in [2.75, 3.05) is 19.6 Å². The van der Waals surface area contributed by atoms with E-state index in [0.717, 1.165) is 13.0 Å². The zero-order valence-corrected chi connectivity index (χ0v) is 10.4. The number of rotatable bonds is 7. The van der Waals surface area contributed by atoms with E-state index in [2.05, 4.69) is 24.1 Å². The molecule has 15 heavy (non-hydrogen) atoms. The first-order valence-electron chi connectivity index (χ1n) is 5.78. The Kier molecular flexibility index (Phi) is 7.34. The van der Waals surface area contributed by atoms with Gasteiger partial charge in [-0.15, -0.1) is 0 Å². The van der Waals surface area contributed by atoms with Crippen LogP contribution in [0.4, 0.5) is 0 Å². The van der Waals surface area contributed by atoms with E-state index in [0.29, 0.717) is 19.1 Å². The molecule has 1 atom stereocenters. The molecular weight excluding hydrogens is 190 g/mol. The van der Waals surface area contributed by atoms with E-state index in [9.17, 15) is 4.79 Å². The van der Waals surface area contributed by atoms with Crippen LogP contribution in [0.5, 0.6) is 0 Å². The summed E-state index contributed by atoms with van der Waals surface area (Å²) in [6, 6.07) is 0.516. The van der Waals surface area contributed by atoms with Crippen molar-refractivity contribution < 1.29 is 4.79 Å². The lowest BCUT2D eigenvalue weighted by Crippen LogP contribution is -2.46. The van der Waals surface area contributed by atoms with Crippen LogP contribution in [-0.4, -0.2) is 42.5 Å². The van der Waals surface area contributed by atoms with Crippen molar-refractivity contribution >= 4 is 5.91 Å². The summed E-state index contributed by atoms with van der Waals surface area (Å²) < 4.78 is 0. The number of carbonyl (C=O) groups is 1. The summed E-state index contributed by atoms with van der Waals surface area (Å²) in [6.07, 6.45) is 0.985. The number of amides is 1. The fourth-order valence-electron chi connectivity index (χ4n) is 1.63. The molecule has 0 spiro atoms. The highest BCUT2D eigenvalue weighted by Gasteiger charge is 2.16. The Labute approximate surface area is 93.2 Å². The minimum Gasteiger partial charge on any atom is -0.353 e. The first-order chi connectivity index (χ1) is 7.04. The van der Waals surface area contributed by atoms with Crippen LogP contribution in [0, 0.1) is 0 Å². The second-order valence-electron chi connectivity index (χ2n) is 4.08. The molecule has 0 aliphatic carbocycles. The van der Waals surface area contributed by atoms with Crippen molar-refractivity contribution in [2.45, 2.75) is 46.2 Å². The van der Waals surface area contributed by atoms with Gasteiger partial charge in [0.2, 0.25) is 5.91 Å². The van der Waals surface area contributed by atoms with E-state index in [4.69, 9.17) is 5.73 Å². The van der Waals surface area contributed by atoms with Gasteiger partial charge in [0.1, 0.15) is 0 Å². The van der Waals surface area contributed by atoms with Gasteiger partial charge in [0.05, 0.1) is 6.54 Å². The summed E-state index contributed by atoms with van der Waals surface area (Å²) in [5.74, 6) is 0.0822. The quantitative estimate of drug-likeness (QED) is 0.653. The van der Waals surface area contributed by atoms with E-state index in [1.165, 1.54) is 0 Å². The van der Waals surface area contributed by atoms with Gasteiger partial charge in [0.25, 0.3) is 0 Å². The first-order valence-corrected chi connectivity index (χ1v) is 5.78. The molecule has 90 valence electrons. The van der Waals surface area contributed by atoms with Crippen LogP contribution in [0.1, 0.15) is 34.1 Å². The van der Waals surface area contributed by atoms with Crippen LogP contribution in [0.15, 0.2) is 0 Å². The number of hydrogen-bond acceptors (Lipinski definition) is 3. The molecule has 0 aromatic heterocycles. The average molecular weight is 215 g/mol. The fourth-order valence-corrected chi connectivity index (χ4v) is 1.63. The summed E-state index contributed by atoms with van der Waals surface area (Å²) in [4.78, 5) is 13.7. The lowest BCUT2D eigenvalue weighted by atomic mass is 10.2. The summed E-state index contributed by atoms with van der Waals surface area (Å²) in [7, 11) is 0. The van der Waals surface area contributed by atoms with Crippen LogP contribution in [0.2, 0.25) is 0 Å². The maximum Gasteiger partial charge on any atom is 0.234 e. The molecule has 0 aromatic carbocycles. The predicted octanol–water partition coefficient (Wildman–Crippen LogP) is 0.570. The third-order valence-electron chi connectivity index (χ3n) is 2.46. The van der Waals surface area contributed by atoms with Gasteiger partial charge in [-0.2, -0.15) is 0 Å². The number of nitrogens with zero attached hydrogens (tertiary/aromatic N) is 1. The molecule has 0 fully saturated rings. The molecule has 1 unspecified atom stereocenters. The summed E-state index contributed by atoms with van der Waals surface area (Å²) in [6.45, 7) is 10.0. The molecule has 0 bridgehead atoms. The zero-order valence-electron chi connectivity index (χ0n) is 10.4. The van der Waals surface area contributed by atoms with E-state index in [1.54, 1.807) is 0 Å². The van der Waals surface area contributed by atoms with Crippen molar-refractivity contribution in [3.8, 4) is 0 Å². The minimum absolute atomic E-state index is 0.0822. The topological polar surface area (TPSA) is 58.4 Å².